The Morgan fingerprint density at radius 3 is 2.65 bits per heavy atom. The maximum Gasteiger partial charge on any atom is 0.273 e. The quantitative estimate of drug-likeness (QED) is 0.509. The molecule has 0 unspecified atom stereocenters. The van der Waals surface area contributed by atoms with Gasteiger partial charge >= 0.3 is 0 Å². The molecule has 0 saturated heterocycles. The third-order valence-corrected chi connectivity index (χ3v) is 5.46. The minimum Gasteiger partial charge on any atom is -0.507 e. The maximum absolute atomic E-state index is 13.1. The zero-order chi connectivity index (χ0) is 22.1. The van der Waals surface area contributed by atoms with Gasteiger partial charge in [-0.2, -0.15) is 5.10 Å². The van der Waals surface area contributed by atoms with E-state index in [1.54, 1.807) is 17.0 Å². The molecule has 2 aromatic carbocycles. The molecule has 1 aromatic heterocycles. The first-order valence-corrected chi connectivity index (χ1v) is 10.1. The third-order valence-electron chi connectivity index (χ3n) is 5.46. The van der Waals surface area contributed by atoms with Crippen molar-refractivity contribution in [2.24, 2.45) is 0 Å². The fourth-order valence-corrected chi connectivity index (χ4v) is 4.23. The molecule has 0 spiro atoms. The molecular weight excluding hydrogens is 394 g/mol. The highest BCUT2D eigenvalue weighted by atomic mass is 16.5. The summed E-state index contributed by atoms with van der Waals surface area (Å²) in [4.78, 5) is 14.7. The Morgan fingerprint density at radius 1 is 1.26 bits per heavy atom. The summed E-state index contributed by atoms with van der Waals surface area (Å²) in [5.41, 5.74) is 4.87. The first-order valence-electron chi connectivity index (χ1n) is 10.1. The van der Waals surface area contributed by atoms with E-state index in [0.29, 0.717) is 34.9 Å². The second kappa shape index (κ2) is 8.28. The maximum atomic E-state index is 13.1. The van der Waals surface area contributed by atoms with Crippen LogP contribution in [0, 0.1) is 13.8 Å². The van der Waals surface area contributed by atoms with E-state index < -0.39 is 6.04 Å². The van der Waals surface area contributed by atoms with Crippen LogP contribution in [0.1, 0.15) is 38.8 Å². The largest absolute Gasteiger partial charge is 0.507 e. The number of carbonyl (C=O) groups is 1. The monoisotopic (exact) mass is 419 g/mol. The number of phenolic OH excluding ortho intramolecular Hbond substituents is 1. The van der Waals surface area contributed by atoms with Crippen LogP contribution in [0.3, 0.4) is 0 Å². The fourth-order valence-electron chi connectivity index (χ4n) is 4.23. The van der Waals surface area contributed by atoms with E-state index >= 15 is 0 Å². The number of aryl methyl sites for hydroxylation is 2. The van der Waals surface area contributed by atoms with Crippen LogP contribution in [0.4, 0.5) is 0 Å². The number of nitrogens with one attached hydrogen (secondary N) is 1. The summed E-state index contributed by atoms with van der Waals surface area (Å²) >= 11 is 0. The lowest BCUT2D eigenvalue weighted by Gasteiger charge is -2.26. The molecule has 7 nitrogen and oxygen atoms in total. The number of amides is 1. The van der Waals surface area contributed by atoms with Gasteiger partial charge in [0.2, 0.25) is 0 Å². The molecule has 3 N–H and O–H groups in total. The smallest absolute Gasteiger partial charge is 0.273 e. The van der Waals surface area contributed by atoms with Gasteiger partial charge in [0.25, 0.3) is 5.91 Å². The summed E-state index contributed by atoms with van der Waals surface area (Å²) in [6.07, 6.45) is 1.67. The van der Waals surface area contributed by atoms with E-state index in [1.807, 2.05) is 44.2 Å². The number of aromatic amines is 1. The van der Waals surface area contributed by atoms with E-state index in [2.05, 4.69) is 16.8 Å². The molecule has 0 saturated carbocycles. The number of H-pyrrole nitrogens is 1. The summed E-state index contributed by atoms with van der Waals surface area (Å²) in [5, 5.41) is 27.5. The van der Waals surface area contributed by atoms with Crippen molar-refractivity contribution in [2.45, 2.75) is 19.9 Å². The second-order valence-electron chi connectivity index (χ2n) is 7.63. The SMILES string of the molecule is C=CCOc1ccc([C@H]2c3c(-c4c(C)cc(C)cc4O)n[nH]c3C(=O)N2CCO)cc1. The molecule has 0 aliphatic carbocycles. The van der Waals surface area contributed by atoms with E-state index in [4.69, 9.17) is 4.74 Å². The lowest BCUT2D eigenvalue weighted by atomic mass is 9.93. The number of benzene rings is 2. The molecule has 0 bridgehead atoms. The minimum absolute atomic E-state index is 0.117. The van der Waals surface area contributed by atoms with Crippen LogP contribution >= 0.6 is 0 Å². The normalized spacial score (nSPS) is 15.3. The lowest BCUT2D eigenvalue weighted by Crippen LogP contribution is -2.32. The van der Waals surface area contributed by atoms with Gasteiger partial charge in [-0.3, -0.25) is 9.89 Å². The standard InChI is InChI=1S/C24H25N3O4/c1-4-11-31-17-7-5-16(6-8-17)23-20-21(19-15(3)12-14(2)13-18(19)29)25-26-22(20)24(30)27(23)9-10-28/h4-8,12-13,23,28-29H,1,9-11H2,2-3H3,(H,25,26)/t23-/m0/s1. The fraction of sp³-hybridized carbons (Fsp3) is 0.250. The third kappa shape index (κ3) is 3.57. The molecule has 7 heteroatoms. The van der Waals surface area contributed by atoms with Gasteiger partial charge in [0.15, 0.2) is 0 Å². The summed E-state index contributed by atoms with van der Waals surface area (Å²) in [7, 11) is 0. The molecule has 1 atom stereocenters. The van der Waals surface area contributed by atoms with Gasteiger partial charge in [-0.05, 0) is 48.7 Å². The van der Waals surface area contributed by atoms with Gasteiger partial charge in [0.1, 0.15) is 29.5 Å². The van der Waals surface area contributed by atoms with Gasteiger partial charge in [-0.25, -0.2) is 0 Å². The Morgan fingerprint density at radius 2 is 2.00 bits per heavy atom. The van der Waals surface area contributed by atoms with Crippen molar-refractivity contribution in [3.05, 3.63) is 77.0 Å². The van der Waals surface area contributed by atoms with Gasteiger partial charge in [-0.15, -0.1) is 0 Å². The first kappa shape index (κ1) is 20.7. The van der Waals surface area contributed by atoms with Crippen LogP contribution < -0.4 is 4.74 Å². The average molecular weight is 419 g/mol. The van der Waals surface area contributed by atoms with Crippen LogP contribution in [0.15, 0.2) is 49.1 Å². The Hall–Kier alpha value is -3.58. The van der Waals surface area contributed by atoms with Crippen molar-refractivity contribution in [2.75, 3.05) is 19.8 Å². The van der Waals surface area contributed by atoms with Gasteiger partial charge in [-0.1, -0.05) is 30.9 Å². The molecule has 31 heavy (non-hydrogen) atoms. The topological polar surface area (TPSA) is 98.7 Å². The Balaban J connectivity index is 1.84. The molecule has 0 radical (unpaired) electrons. The predicted octanol–water partition coefficient (Wildman–Crippen LogP) is 3.50. The minimum atomic E-state index is -0.447. The highest BCUT2D eigenvalue weighted by Gasteiger charge is 2.42. The Bertz CT molecular complexity index is 1110. The van der Waals surface area contributed by atoms with Crippen LogP contribution in [0.2, 0.25) is 0 Å². The van der Waals surface area contributed by atoms with Crippen molar-refractivity contribution in [1.82, 2.24) is 15.1 Å². The summed E-state index contributed by atoms with van der Waals surface area (Å²) in [6.45, 7) is 7.89. The van der Waals surface area contributed by atoms with E-state index in [-0.39, 0.29) is 24.8 Å². The number of carbonyl (C=O) groups excluding carboxylic acids is 1. The molecule has 160 valence electrons. The van der Waals surface area contributed by atoms with Gasteiger partial charge in [0.05, 0.1) is 12.6 Å². The number of aromatic hydroxyl groups is 1. The number of aliphatic hydroxyl groups excluding tert-OH is 1. The van der Waals surface area contributed by atoms with E-state index in [0.717, 1.165) is 16.7 Å². The molecular formula is C24H25N3O4. The van der Waals surface area contributed by atoms with Gasteiger partial charge < -0.3 is 19.8 Å². The number of ether oxygens (including phenoxy) is 1. The summed E-state index contributed by atoms with van der Waals surface area (Å²) in [5.74, 6) is 0.581. The van der Waals surface area contributed by atoms with Crippen molar-refractivity contribution < 1.29 is 19.7 Å². The number of aliphatic hydroxyl groups is 1. The number of hydrogen-bond acceptors (Lipinski definition) is 5. The lowest BCUT2D eigenvalue weighted by molar-refractivity contribution is 0.0706. The van der Waals surface area contributed by atoms with Crippen molar-refractivity contribution >= 4 is 5.91 Å². The van der Waals surface area contributed by atoms with Crippen LogP contribution in [0.5, 0.6) is 11.5 Å². The number of phenols is 1. The molecule has 3 aromatic rings. The second-order valence-corrected chi connectivity index (χ2v) is 7.63. The molecule has 4 rings (SSSR count). The number of hydrogen-bond donors (Lipinski definition) is 3. The van der Waals surface area contributed by atoms with E-state index in [1.165, 1.54) is 0 Å². The van der Waals surface area contributed by atoms with Gasteiger partial charge in [0, 0.05) is 17.7 Å². The zero-order valence-electron chi connectivity index (χ0n) is 17.6. The molecule has 1 amide bonds. The predicted molar refractivity (Wildman–Crippen MR) is 117 cm³/mol. The van der Waals surface area contributed by atoms with Crippen molar-refractivity contribution in [3.8, 4) is 22.8 Å². The van der Waals surface area contributed by atoms with Crippen LogP contribution in [0.25, 0.3) is 11.3 Å². The van der Waals surface area contributed by atoms with E-state index in [9.17, 15) is 15.0 Å². The first-order chi connectivity index (χ1) is 15.0. The van der Waals surface area contributed by atoms with Crippen molar-refractivity contribution in [3.63, 3.8) is 0 Å². The van der Waals surface area contributed by atoms with Crippen LogP contribution in [-0.4, -0.2) is 51.0 Å². The number of fused-ring (bicyclic) bond motifs is 1. The molecule has 0 fully saturated rings. The number of nitrogens with zero attached hydrogens (tertiary/aromatic N) is 2. The Kier molecular flexibility index (Phi) is 5.52. The highest BCUT2D eigenvalue weighted by molar-refractivity contribution is 6.00. The van der Waals surface area contributed by atoms with Crippen LogP contribution in [-0.2, 0) is 0 Å². The number of rotatable bonds is 7. The molecule has 1 aliphatic rings. The molecule has 2 heterocycles. The average Bonchev–Trinajstić information content (AvgIpc) is 3.26. The zero-order valence-corrected chi connectivity index (χ0v) is 17.6. The molecule has 1 aliphatic heterocycles. The summed E-state index contributed by atoms with van der Waals surface area (Å²) in [6, 6.07) is 10.7. The summed E-state index contributed by atoms with van der Waals surface area (Å²) < 4.78 is 5.57. The Labute approximate surface area is 180 Å². The van der Waals surface area contributed by atoms with Crippen molar-refractivity contribution in [1.29, 1.82) is 0 Å². The highest BCUT2D eigenvalue weighted by Crippen LogP contribution is 2.45. The number of aromatic nitrogens is 2. The number of β-amino-alcohol motifs (C(OH)–C–C–N with tert-alkyl or cyclic N) is 1.